The van der Waals surface area contributed by atoms with Crippen molar-refractivity contribution >= 4 is 10.8 Å². The molecule has 3 aromatic rings. The van der Waals surface area contributed by atoms with E-state index in [1.54, 1.807) is 0 Å². The summed E-state index contributed by atoms with van der Waals surface area (Å²) in [5.74, 6) is 0. The quantitative estimate of drug-likeness (QED) is 0.526. The Labute approximate surface area is 105 Å². The van der Waals surface area contributed by atoms with Crippen LogP contribution >= 0.6 is 0 Å². The lowest BCUT2D eigenvalue weighted by Gasteiger charge is -2.06. The van der Waals surface area contributed by atoms with Crippen molar-refractivity contribution in [2.75, 3.05) is 0 Å². The molecule has 0 amide bonds. The Morgan fingerprint density at radius 2 is 1.33 bits per heavy atom. The zero-order chi connectivity index (χ0) is 12.1. The van der Waals surface area contributed by atoms with Gasteiger partial charge in [0.2, 0.25) is 0 Å². The van der Waals surface area contributed by atoms with E-state index < -0.39 is 0 Å². The molecule has 0 saturated carbocycles. The van der Waals surface area contributed by atoms with Crippen LogP contribution in [0.5, 0.6) is 0 Å². The standard InChI is InChI=1S/C17H12O/c18-10-11-8-9-16-14-5-2-1-4-13(14)15-7-3-6-12(11)17(15)16/h1-9,18H,10H2. The molecule has 86 valence electrons. The van der Waals surface area contributed by atoms with Crippen LogP contribution in [0.3, 0.4) is 0 Å². The van der Waals surface area contributed by atoms with Gasteiger partial charge in [-0.05, 0) is 38.6 Å². The van der Waals surface area contributed by atoms with Gasteiger partial charge < -0.3 is 5.11 Å². The van der Waals surface area contributed by atoms with Gasteiger partial charge in [0.1, 0.15) is 0 Å². The van der Waals surface area contributed by atoms with E-state index in [1.165, 1.54) is 33.0 Å². The van der Waals surface area contributed by atoms with Gasteiger partial charge in [0.15, 0.2) is 0 Å². The number of hydrogen-bond acceptors (Lipinski definition) is 1. The molecule has 1 N–H and O–H groups in total. The molecule has 1 aliphatic rings. The van der Waals surface area contributed by atoms with Gasteiger partial charge in [-0.2, -0.15) is 0 Å². The average molecular weight is 232 g/mol. The monoisotopic (exact) mass is 232 g/mol. The molecule has 1 aliphatic carbocycles. The van der Waals surface area contributed by atoms with Crippen LogP contribution in [0.1, 0.15) is 5.56 Å². The molecule has 1 nitrogen and oxygen atoms in total. The Morgan fingerprint density at radius 1 is 0.667 bits per heavy atom. The highest BCUT2D eigenvalue weighted by Crippen LogP contribution is 2.47. The van der Waals surface area contributed by atoms with Gasteiger partial charge in [0, 0.05) is 0 Å². The maximum atomic E-state index is 9.45. The molecule has 4 rings (SSSR count). The molecule has 0 atom stereocenters. The molecule has 0 saturated heterocycles. The molecule has 0 unspecified atom stereocenters. The molecule has 0 aromatic heterocycles. The van der Waals surface area contributed by atoms with E-state index >= 15 is 0 Å². The van der Waals surface area contributed by atoms with Gasteiger partial charge in [-0.15, -0.1) is 0 Å². The van der Waals surface area contributed by atoms with Crippen LogP contribution in [-0.4, -0.2) is 5.11 Å². The first-order valence-electron chi connectivity index (χ1n) is 6.15. The number of aliphatic hydroxyl groups excluding tert-OH is 1. The normalized spacial score (nSPS) is 11.8. The fourth-order valence-corrected chi connectivity index (χ4v) is 3.01. The minimum absolute atomic E-state index is 0.0938. The first kappa shape index (κ1) is 9.86. The lowest BCUT2D eigenvalue weighted by atomic mass is 9.99. The third-order valence-electron chi connectivity index (χ3n) is 3.81. The second-order valence-corrected chi connectivity index (χ2v) is 4.70. The lowest BCUT2D eigenvalue weighted by molar-refractivity contribution is 0.283. The predicted octanol–water partition coefficient (Wildman–Crippen LogP) is 3.98. The van der Waals surface area contributed by atoms with Gasteiger partial charge in [-0.1, -0.05) is 54.6 Å². The van der Waals surface area contributed by atoms with Crippen molar-refractivity contribution in [3.8, 4) is 22.3 Å². The van der Waals surface area contributed by atoms with Crippen molar-refractivity contribution in [3.05, 3.63) is 60.2 Å². The van der Waals surface area contributed by atoms with Gasteiger partial charge in [0.05, 0.1) is 6.61 Å². The Morgan fingerprint density at radius 3 is 2.06 bits per heavy atom. The van der Waals surface area contributed by atoms with E-state index in [1.807, 2.05) is 6.07 Å². The molecule has 0 radical (unpaired) electrons. The lowest BCUT2D eigenvalue weighted by Crippen LogP contribution is -1.86. The van der Waals surface area contributed by atoms with Crippen LogP contribution in [0.25, 0.3) is 33.0 Å². The van der Waals surface area contributed by atoms with Crippen LogP contribution in [0.2, 0.25) is 0 Å². The number of hydrogen-bond donors (Lipinski definition) is 1. The summed E-state index contributed by atoms with van der Waals surface area (Å²) < 4.78 is 0. The molecule has 0 spiro atoms. The summed E-state index contributed by atoms with van der Waals surface area (Å²) in [4.78, 5) is 0. The topological polar surface area (TPSA) is 20.2 Å². The van der Waals surface area contributed by atoms with Crippen LogP contribution in [-0.2, 0) is 6.61 Å². The van der Waals surface area contributed by atoms with Crippen molar-refractivity contribution in [2.24, 2.45) is 0 Å². The van der Waals surface area contributed by atoms with Gasteiger partial charge in [0.25, 0.3) is 0 Å². The largest absolute Gasteiger partial charge is 0.392 e. The van der Waals surface area contributed by atoms with E-state index in [4.69, 9.17) is 0 Å². The second kappa shape index (κ2) is 3.44. The maximum Gasteiger partial charge on any atom is 0.0687 e. The Hall–Kier alpha value is -2.12. The highest BCUT2D eigenvalue weighted by atomic mass is 16.3. The van der Waals surface area contributed by atoms with E-state index in [9.17, 15) is 5.11 Å². The molecule has 0 heterocycles. The summed E-state index contributed by atoms with van der Waals surface area (Å²) in [5, 5.41) is 11.9. The van der Waals surface area contributed by atoms with Crippen molar-refractivity contribution in [3.63, 3.8) is 0 Å². The third kappa shape index (κ3) is 1.09. The molecular formula is C17H12O. The van der Waals surface area contributed by atoms with Gasteiger partial charge in [-0.25, -0.2) is 0 Å². The number of fused-ring (bicyclic) bond motifs is 3. The summed E-state index contributed by atoms with van der Waals surface area (Å²) >= 11 is 0. The Kier molecular flexibility index (Phi) is 1.88. The molecule has 0 aliphatic heterocycles. The van der Waals surface area contributed by atoms with Gasteiger partial charge >= 0.3 is 0 Å². The second-order valence-electron chi connectivity index (χ2n) is 4.70. The fraction of sp³-hybridized carbons (Fsp3) is 0.0588. The van der Waals surface area contributed by atoms with Crippen molar-refractivity contribution in [2.45, 2.75) is 6.61 Å². The average Bonchev–Trinajstić information content (AvgIpc) is 2.77. The summed E-state index contributed by atoms with van der Waals surface area (Å²) in [6.07, 6.45) is 0. The van der Waals surface area contributed by atoms with E-state index in [-0.39, 0.29) is 6.61 Å². The molecule has 0 bridgehead atoms. The van der Waals surface area contributed by atoms with E-state index in [2.05, 4.69) is 48.5 Å². The van der Waals surface area contributed by atoms with E-state index in [0.717, 1.165) is 5.56 Å². The number of benzene rings is 3. The van der Waals surface area contributed by atoms with Crippen molar-refractivity contribution in [1.82, 2.24) is 0 Å². The smallest absolute Gasteiger partial charge is 0.0687 e. The molecular weight excluding hydrogens is 220 g/mol. The predicted molar refractivity (Wildman–Crippen MR) is 74.3 cm³/mol. The van der Waals surface area contributed by atoms with Crippen LogP contribution in [0.4, 0.5) is 0 Å². The first-order valence-corrected chi connectivity index (χ1v) is 6.15. The Balaban J connectivity index is 2.23. The number of aliphatic hydroxyl groups is 1. The van der Waals surface area contributed by atoms with E-state index in [0.29, 0.717) is 0 Å². The molecule has 18 heavy (non-hydrogen) atoms. The number of rotatable bonds is 1. The zero-order valence-electron chi connectivity index (χ0n) is 9.85. The summed E-state index contributed by atoms with van der Waals surface area (Å²) in [6, 6.07) is 19.0. The SMILES string of the molecule is OCc1ccc2c3c(cccc13)-c1ccccc1-2. The first-order chi connectivity index (χ1) is 8.90. The minimum Gasteiger partial charge on any atom is -0.392 e. The third-order valence-corrected chi connectivity index (χ3v) is 3.81. The fourth-order valence-electron chi connectivity index (χ4n) is 3.01. The van der Waals surface area contributed by atoms with Crippen molar-refractivity contribution in [1.29, 1.82) is 0 Å². The summed E-state index contributed by atoms with van der Waals surface area (Å²) in [6.45, 7) is 0.0938. The summed E-state index contributed by atoms with van der Waals surface area (Å²) in [7, 11) is 0. The van der Waals surface area contributed by atoms with Crippen molar-refractivity contribution < 1.29 is 5.11 Å². The maximum absolute atomic E-state index is 9.45. The highest BCUT2D eigenvalue weighted by Gasteiger charge is 2.21. The van der Waals surface area contributed by atoms with Crippen LogP contribution in [0, 0.1) is 0 Å². The van der Waals surface area contributed by atoms with Crippen LogP contribution < -0.4 is 0 Å². The van der Waals surface area contributed by atoms with Gasteiger partial charge in [-0.3, -0.25) is 0 Å². The highest BCUT2D eigenvalue weighted by molar-refractivity contribution is 6.15. The molecule has 3 aromatic carbocycles. The summed E-state index contributed by atoms with van der Waals surface area (Å²) in [5.41, 5.74) is 6.17. The minimum atomic E-state index is 0.0938. The Bertz CT molecular complexity index is 742. The van der Waals surface area contributed by atoms with Crippen LogP contribution in [0.15, 0.2) is 54.6 Å². The molecule has 0 fully saturated rings. The zero-order valence-corrected chi connectivity index (χ0v) is 9.85. The molecule has 1 heteroatoms.